The predicted molar refractivity (Wildman–Crippen MR) is 62.6 cm³/mol. The third-order valence-corrected chi connectivity index (χ3v) is 3.55. The zero-order chi connectivity index (χ0) is 12.2. The molecule has 0 atom stereocenters. The number of carbonyl (C=O) groups excluding carboxylic acids is 1. The summed E-state index contributed by atoms with van der Waals surface area (Å²) in [6.07, 6.45) is 3.77. The van der Waals surface area contributed by atoms with Crippen LogP contribution in [0.3, 0.4) is 0 Å². The Morgan fingerprint density at radius 3 is 2.44 bits per heavy atom. The fraction of sp³-hybridized carbons (Fsp3) is 0.800. The number of primary amides is 1. The summed E-state index contributed by atoms with van der Waals surface area (Å²) >= 11 is 0. The number of amides is 1. The highest BCUT2D eigenvalue weighted by molar-refractivity contribution is 5.81. The van der Waals surface area contributed by atoms with Gasteiger partial charge in [-0.3, -0.25) is 10.2 Å². The second-order valence-electron chi connectivity index (χ2n) is 4.51. The van der Waals surface area contributed by atoms with Gasteiger partial charge in [0.25, 0.3) is 0 Å². The van der Waals surface area contributed by atoms with Crippen LogP contribution in [0.2, 0.25) is 0 Å². The Hall–Kier alpha value is -1.14. The fourth-order valence-electron chi connectivity index (χ4n) is 2.43. The maximum absolute atomic E-state index is 11.0. The first-order chi connectivity index (χ1) is 7.53. The smallest absolute Gasteiger partial charge is 0.219 e. The van der Waals surface area contributed by atoms with E-state index < -0.39 is 0 Å². The van der Waals surface area contributed by atoms with Gasteiger partial charge in [-0.15, -0.1) is 0 Å². The van der Waals surface area contributed by atoms with E-state index in [9.17, 15) is 4.79 Å². The largest absolute Gasteiger partial charge is 0.370 e. The minimum Gasteiger partial charge on any atom is -0.370 e. The lowest BCUT2D eigenvalue weighted by atomic mass is 9.74. The van der Waals surface area contributed by atoms with Gasteiger partial charge in [-0.2, -0.15) is 0 Å². The maximum Gasteiger partial charge on any atom is 0.219 e. The van der Waals surface area contributed by atoms with Crippen molar-refractivity contribution in [3.05, 3.63) is 0 Å². The van der Waals surface area contributed by atoms with Gasteiger partial charge in [0.2, 0.25) is 5.91 Å². The second-order valence-corrected chi connectivity index (χ2v) is 4.51. The van der Waals surface area contributed by atoms with Crippen LogP contribution in [0.25, 0.3) is 0 Å². The first kappa shape index (κ1) is 12.9. The van der Waals surface area contributed by atoms with E-state index in [1.807, 2.05) is 7.05 Å². The molecule has 0 radical (unpaired) electrons. The van der Waals surface area contributed by atoms with E-state index in [4.69, 9.17) is 17.0 Å². The molecule has 0 aliphatic heterocycles. The van der Waals surface area contributed by atoms with Gasteiger partial charge < -0.3 is 16.5 Å². The van der Waals surface area contributed by atoms with E-state index in [-0.39, 0.29) is 17.4 Å². The van der Waals surface area contributed by atoms with Crippen LogP contribution in [-0.2, 0) is 4.79 Å². The number of hydrogen-bond acceptors (Lipinski definition) is 4. The van der Waals surface area contributed by atoms with Crippen LogP contribution in [-0.4, -0.2) is 24.3 Å². The molecule has 0 aromatic carbocycles. The highest BCUT2D eigenvalue weighted by Gasteiger charge is 2.36. The molecule has 92 valence electrons. The van der Waals surface area contributed by atoms with Gasteiger partial charge >= 0.3 is 0 Å². The lowest BCUT2D eigenvalue weighted by Gasteiger charge is -2.39. The quantitative estimate of drug-likeness (QED) is 0.192. The van der Waals surface area contributed by atoms with Gasteiger partial charge in [-0.05, 0) is 32.7 Å². The molecule has 0 saturated heterocycles. The van der Waals surface area contributed by atoms with Crippen molar-refractivity contribution in [1.29, 1.82) is 5.41 Å². The van der Waals surface area contributed by atoms with Crippen LogP contribution >= 0.6 is 0 Å². The van der Waals surface area contributed by atoms with Gasteiger partial charge in [-0.1, -0.05) is 0 Å². The molecular weight excluding hydrogens is 206 g/mol. The molecule has 1 aliphatic rings. The van der Waals surface area contributed by atoms with Gasteiger partial charge in [0.05, 0.1) is 0 Å². The summed E-state index contributed by atoms with van der Waals surface area (Å²) in [7, 11) is 1.86. The molecule has 6 nitrogen and oxygen atoms in total. The fourth-order valence-corrected chi connectivity index (χ4v) is 2.43. The highest BCUT2D eigenvalue weighted by atomic mass is 16.1. The van der Waals surface area contributed by atoms with Crippen molar-refractivity contribution >= 4 is 11.7 Å². The van der Waals surface area contributed by atoms with Gasteiger partial charge in [0.1, 0.15) is 5.84 Å². The number of carbonyl (C=O) groups is 1. The van der Waals surface area contributed by atoms with Crippen molar-refractivity contribution in [1.82, 2.24) is 10.7 Å². The Kier molecular flexibility index (Phi) is 4.26. The third kappa shape index (κ3) is 2.93. The summed E-state index contributed by atoms with van der Waals surface area (Å²) in [6, 6.07) is 0. The Labute approximate surface area is 95.6 Å². The molecule has 0 aromatic heterocycles. The molecule has 7 N–H and O–H groups in total. The van der Waals surface area contributed by atoms with Crippen LogP contribution in [0, 0.1) is 11.3 Å². The van der Waals surface area contributed by atoms with E-state index in [0.717, 1.165) is 25.7 Å². The summed E-state index contributed by atoms with van der Waals surface area (Å²) in [5, 5.41) is 10.8. The van der Waals surface area contributed by atoms with Crippen molar-refractivity contribution in [3.8, 4) is 0 Å². The Bertz CT molecular complexity index is 270. The molecule has 0 heterocycles. The van der Waals surface area contributed by atoms with E-state index in [0.29, 0.717) is 12.3 Å². The lowest BCUT2D eigenvalue weighted by molar-refractivity contribution is -0.119. The van der Waals surface area contributed by atoms with Gasteiger partial charge in [-0.25, -0.2) is 5.84 Å². The second kappa shape index (κ2) is 5.27. The Morgan fingerprint density at radius 2 is 2.06 bits per heavy atom. The SMILES string of the molecule is CN[C@]1(CC(N)=O)CC[C@H](C(=N)NN)CC1. The van der Waals surface area contributed by atoms with Crippen LogP contribution in [0.15, 0.2) is 0 Å². The van der Waals surface area contributed by atoms with E-state index in [1.165, 1.54) is 0 Å². The molecule has 1 fully saturated rings. The zero-order valence-electron chi connectivity index (χ0n) is 9.68. The number of nitrogens with two attached hydrogens (primary N) is 2. The summed E-state index contributed by atoms with van der Waals surface area (Å²) in [6.45, 7) is 0. The van der Waals surface area contributed by atoms with Crippen LogP contribution in [0.5, 0.6) is 0 Å². The van der Waals surface area contributed by atoms with E-state index >= 15 is 0 Å². The molecule has 0 unspecified atom stereocenters. The molecule has 0 spiro atoms. The minimum absolute atomic E-state index is 0.180. The monoisotopic (exact) mass is 227 g/mol. The molecule has 16 heavy (non-hydrogen) atoms. The van der Waals surface area contributed by atoms with Crippen molar-refractivity contribution in [2.45, 2.75) is 37.6 Å². The van der Waals surface area contributed by atoms with Gasteiger partial charge in [0, 0.05) is 17.9 Å². The standard InChI is InChI=1S/C10H21N5O/c1-14-10(6-8(11)16)4-2-7(3-5-10)9(12)15-13/h7,14H,2-6,13H2,1H3,(H2,11,16)(H2,12,15)/t7-,10+. The maximum atomic E-state index is 11.0. The Morgan fingerprint density at radius 1 is 1.50 bits per heavy atom. The summed E-state index contributed by atoms with van der Waals surface area (Å²) in [5.74, 6) is 5.50. The molecule has 1 rings (SSSR count). The highest BCUT2D eigenvalue weighted by Crippen LogP contribution is 2.34. The molecule has 6 heteroatoms. The lowest BCUT2D eigenvalue weighted by Crippen LogP contribution is -2.50. The van der Waals surface area contributed by atoms with Crippen molar-refractivity contribution in [2.75, 3.05) is 7.05 Å². The first-order valence-corrected chi connectivity index (χ1v) is 5.55. The Balaban J connectivity index is 2.56. The number of rotatable bonds is 4. The van der Waals surface area contributed by atoms with Crippen molar-refractivity contribution < 1.29 is 4.79 Å². The van der Waals surface area contributed by atoms with Gasteiger partial charge in [0.15, 0.2) is 0 Å². The number of hydrazine groups is 1. The first-order valence-electron chi connectivity index (χ1n) is 5.55. The number of nitrogens with one attached hydrogen (secondary N) is 3. The van der Waals surface area contributed by atoms with Crippen LogP contribution < -0.4 is 22.3 Å². The number of amidine groups is 1. The average molecular weight is 227 g/mol. The molecule has 1 saturated carbocycles. The topological polar surface area (TPSA) is 117 Å². The number of hydrogen-bond donors (Lipinski definition) is 5. The average Bonchev–Trinajstić information content (AvgIpc) is 2.28. The molecule has 0 aromatic rings. The third-order valence-electron chi connectivity index (χ3n) is 3.55. The molecular formula is C10H21N5O. The molecule has 1 aliphatic carbocycles. The predicted octanol–water partition coefficient (Wildman–Crippen LogP) is -0.549. The summed E-state index contributed by atoms with van der Waals surface area (Å²) in [4.78, 5) is 11.0. The van der Waals surface area contributed by atoms with E-state index in [1.54, 1.807) is 0 Å². The van der Waals surface area contributed by atoms with Crippen LogP contribution in [0.1, 0.15) is 32.1 Å². The normalized spacial score (nSPS) is 29.8. The minimum atomic E-state index is -0.278. The zero-order valence-corrected chi connectivity index (χ0v) is 9.68. The molecule has 0 bridgehead atoms. The van der Waals surface area contributed by atoms with Crippen LogP contribution in [0.4, 0.5) is 0 Å². The van der Waals surface area contributed by atoms with E-state index in [2.05, 4.69) is 10.7 Å². The summed E-state index contributed by atoms with van der Waals surface area (Å²) in [5.41, 5.74) is 7.46. The summed E-state index contributed by atoms with van der Waals surface area (Å²) < 4.78 is 0. The van der Waals surface area contributed by atoms with Crippen molar-refractivity contribution in [2.24, 2.45) is 17.5 Å². The van der Waals surface area contributed by atoms with Crippen molar-refractivity contribution in [3.63, 3.8) is 0 Å². The molecule has 1 amide bonds.